The van der Waals surface area contributed by atoms with E-state index >= 15 is 0 Å². The summed E-state index contributed by atoms with van der Waals surface area (Å²) in [5.74, 6) is 1.16. The number of methoxy groups -OCH3 is 2. The zero-order valence-corrected chi connectivity index (χ0v) is 14.1. The Kier molecular flexibility index (Phi) is 6.63. The van der Waals surface area contributed by atoms with Crippen LogP contribution in [0.15, 0.2) is 36.4 Å². The Balaban J connectivity index is 2.04. The molecule has 2 rings (SSSR count). The van der Waals surface area contributed by atoms with Crippen LogP contribution in [-0.4, -0.2) is 20.8 Å². The number of hydrogen-bond donors (Lipinski definition) is 1. The third-order valence-corrected chi connectivity index (χ3v) is 3.61. The second-order valence-corrected chi connectivity index (χ2v) is 5.31. The topological polar surface area (TPSA) is 39.7 Å². The molecular formula is C17H18ClF2NO3. The van der Waals surface area contributed by atoms with Crippen molar-refractivity contribution in [2.45, 2.75) is 19.7 Å². The van der Waals surface area contributed by atoms with Crippen LogP contribution in [0, 0.1) is 0 Å². The van der Waals surface area contributed by atoms with Crippen molar-refractivity contribution in [1.82, 2.24) is 5.32 Å². The number of benzene rings is 2. The minimum absolute atomic E-state index is 0.158. The zero-order chi connectivity index (χ0) is 17.5. The third kappa shape index (κ3) is 4.72. The molecule has 4 nitrogen and oxygen atoms in total. The molecule has 0 amide bonds. The number of halogens is 3. The predicted molar refractivity (Wildman–Crippen MR) is 88.2 cm³/mol. The van der Waals surface area contributed by atoms with Gasteiger partial charge in [0.25, 0.3) is 0 Å². The van der Waals surface area contributed by atoms with E-state index in [9.17, 15) is 8.78 Å². The average molecular weight is 358 g/mol. The molecule has 0 aromatic heterocycles. The normalized spacial score (nSPS) is 10.8. The highest BCUT2D eigenvalue weighted by atomic mass is 35.5. The molecule has 0 aliphatic rings. The van der Waals surface area contributed by atoms with Crippen LogP contribution in [0.4, 0.5) is 8.78 Å². The molecule has 2 aromatic rings. The van der Waals surface area contributed by atoms with E-state index in [0.717, 1.165) is 5.56 Å². The number of nitrogens with one attached hydrogen (secondary N) is 1. The largest absolute Gasteiger partial charge is 0.493 e. The average Bonchev–Trinajstić information content (AvgIpc) is 2.55. The maximum Gasteiger partial charge on any atom is 0.387 e. The molecule has 7 heteroatoms. The molecule has 0 saturated carbocycles. The summed E-state index contributed by atoms with van der Waals surface area (Å²) in [6, 6.07) is 10.2. The van der Waals surface area contributed by atoms with E-state index < -0.39 is 6.61 Å². The first-order valence-electron chi connectivity index (χ1n) is 7.19. The van der Waals surface area contributed by atoms with Gasteiger partial charge in [-0.2, -0.15) is 8.78 Å². The lowest BCUT2D eigenvalue weighted by atomic mass is 10.1. The lowest BCUT2D eigenvalue weighted by molar-refractivity contribution is -0.0505. The fraction of sp³-hybridized carbons (Fsp3) is 0.294. The highest BCUT2D eigenvalue weighted by Gasteiger charge is 2.12. The van der Waals surface area contributed by atoms with E-state index in [1.54, 1.807) is 30.3 Å². The summed E-state index contributed by atoms with van der Waals surface area (Å²) >= 11 is 6.16. The molecule has 0 aliphatic heterocycles. The number of rotatable bonds is 8. The molecule has 0 saturated heterocycles. The van der Waals surface area contributed by atoms with Gasteiger partial charge in [0.1, 0.15) is 5.75 Å². The minimum atomic E-state index is -2.85. The van der Waals surface area contributed by atoms with Crippen LogP contribution in [0.5, 0.6) is 17.2 Å². The van der Waals surface area contributed by atoms with Gasteiger partial charge < -0.3 is 19.5 Å². The van der Waals surface area contributed by atoms with Gasteiger partial charge in [0.15, 0.2) is 11.5 Å². The summed E-state index contributed by atoms with van der Waals surface area (Å²) in [5.41, 5.74) is 1.52. The van der Waals surface area contributed by atoms with Crippen molar-refractivity contribution >= 4 is 11.6 Å². The maximum absolute atomic E-state index is 12.4. The Bertz CT molecular complexity index is 683. The number of hydrogen-bond acceptors (Lipinski definition) is 4. The van der Waals surface area contributed by atoms with E-state index in [4.69, 9.17) is 21.1 Å². The lowest BCUT2D eigenvalue weighted by Gasteiger charge is -2.13. The Morgan fingerprint density at radius 3 is 2.46 bits per heavy atom. The highest BCUT2D eigenvalue weighted by molar-refractivity contribution is 6.32. The van der Waals surface area contributed by atoms with Crippen LogP contribution in [0.2, 0.25) is 5.02 Å². The molecule has 0 fully saturated rings. The summed E-state index contributed by atoms with van der Waals surface area (Å²) in [4.78, 5) is 0. The molecule has 0 unspecified atom stereocenters. The summed E-state index contributed by atoms with van der Waals surface area (Å²) in [7, 11) is 3.05. The molecule has 1 N–H and O–H groups in total. The van der Waals surface area contributed by atoms with Gasteiger partial charge in [0.2, 0.25) is 0 Å². The molecule has 0 heterocycles. The monoisotopic (exact) mass is 357 g/mol. The fourth-order valence-corrected chi connectivity index (χ4v) is 2.59. The van der Waals surface area contributed by atoms with Gasteiger partial charge in [-0.05, 0) is 23.8 Å². The van der Waals surface area contributed by atoms with E-state index in [1.807, 2.05) is 0 Å². The van der Waals surface area contributed by atoms with Gasteiger partial charge in [0.05, 0.1) is 19.2 Å². The van der Waals surface area contributed by atoms with Gasteiger partial charge in [-0.15, -0.1) is 0 Å². The van der Waals surface area contributed by atoms with Crippen LogP contribution in [-0.2, 0) is 13.1 Å². The second kappa shape index (κ2) is 8.70. The molecule has 24 heavy (non-hydrogen) atoms. The smallest absolute Gasteiger partial charge is 0.387 e. The fourth-order valence-electron chi connectivity index (χ4n) is 2.28. The Hall–Kier alpha value is -2.05. The summed E-state index contributed by atoms with van der Waals surface area (Å²) in [5, 5.41) is 3.61. The summed E-state index contributed by atoms with van der Waals surface area (Å²) in [6.07, 6.45) is 0. The molecule has 2 aromatic carbocycles. The number of para-hydroxylation sites is 1. The second-order valence-electron chi connectivity index (χ2n) is 4.90. The van der Waals surface area contributed by atoms with Crippen molar-refractivity contribution in [2.24, 2.45) is 0 Å². The van der Waals surface area contributed by atoms with Crippen LogP contribution >= 0.6 is 11.6 Å². The predicted octanol–water partition coefficient (Wildman–Crippen LogP) is 4.25. The molecule has 0 atom stereocenters. The van der Waals surface area contributed by atoms with Crippen molar-refractivity contribution in [2.75, 3.05) is 14.2 Å². The summed E-state index contributed by atoms with van der Waals surface area (Å²) < 4.78 is 39.7. The first-order valence-corrected chi connectivity index (χ1v) is 7.56. The lowest BCUT2D eigenvalue weighted by Crippen LogP contribution is -2.14. The first kappa shape index (κ1) is 18.3. The van der Waals surface area contributed by atoms with Crippen LogP contribution < -0.4 is 19.5 Å². The Morgan fingerprint density at radius 2 is 1.79 bits per heavy atom. The Morgan fingerprint density at radius 1 is 1.04 bits per heavy atom. The van der Waals surface area contributed by atoms with Crippen molar-refractivity contribution < 1.29 is 23.0 Å². The molecule has 130 valence electrons. The summed E-state index contributed by atoms with van der Waals surface area (Å²) in [6.45, 7) is -2.01. The maximum atomic E-state index is 12.4. The SMILES string of the molecule is COc1cc(CNCc2ccccc2OC(F)F)cc(Cl)c1OC. The van der Waals surface area contributed by atoms with E-state index in [-0.39, 0.29) is 5.75 Å². The number of ether oxygens (including phenoxy) is 3. The van der Waals surface area contributed by atoms with Gasteiger partial charge in [-0.25, -0.2) is 0 Å². The standard InChI is InChI=1S/C17H18ClF2NO3/c1-22-15-8-11(7-13(18)16(15)23-2)9-21-10-12-5-3-4-6-14(12)24-17(19)20/h3-8,17,21H,9-10H2,1-2H3. The van der Waals surface area contributed by atoms with E-state index in [0.29, 0.717) is 35.2 Å². The van der Waals surface area contributed by atoms with Crippen molar-refractivity contribution in [3.63, 3.8) is 0 Å². The minimum Gasteiger partial charge on any atom is -0.493 e. The van der Waals surface area contributed by atoms with Gasteiger partial charge in [0, 0.05) is 18.7 Å². The van der Waals surface area contributed by atoms with Crippen LogP contribution in [0.3, 0.4) is 0 Å². The molecular weight excluding hydrogens is 340 g/mol. The molecule has 0 spiro atoms. The highest BCUT2D eigenvalue weighted by Crippen LogP contribution is 2.36. The third-order valence-electron chi connectivity index (χ3n) is 3.33. The molecule has 0 radical (unpaired) electrons. The van der Waals surface area contributed by atoms with E-state index in [2.05, 4.69) is 10.1 Å². The zero-order valence-electron chi connectivity index (χ0n) is 13.3. The van der Waals surface area contributed by atoms with Gasteiger partial charge in [-0.3, -0.25) is 0 Å². The molecule has 0 bridgehead atoms. The number of alkyl halides is 2. The van der Waals surface area contributed by atoms with Gasteiger partial charge >= 0.3 is 6.61 Å². The van der Waals surface area contributed by atoms with Crippen molar-refractivity contribution in [3.8, 4) is 17.2 Å². The first-order chi connectivity index (χ1) is 11.5. The van der Waals surface area contributed by atoms with Crippen LogP contribution in [0.1, 0.15) is 11.1 Å². The van der Waals surface area contributed by atoms with E-state index in [1.165, 1.54) is 20.3 Å². The molecule has 0 aliphatic carbocycles. The Labute approximate surface area is 144 Å². The van der Waals surface area contributed by atoms with Crippen LogP contribution in [0.25, 0.3) is 0 Å². The van der Waals surface area contributed by atoms with Crippen molar-refractivity contribution in [1.29, 1.82) is 0 Å². The van der Waals surface area contributed by atoms with Gasteiger partial charge in [-0.1, -0.05) is 29.8 Å². The van der Waals surface area contributed by atoms with Crippen molar-refractivity contribution in [3.05, 3.63) is 52.5 Å². The quantitative estimate of drug-likeness (QED) is 0.766.